The summed E-state index contributed by atoms with van der Waals surface area (Å²) >= 11 is 0. The van der Waals surface area contributed by atoms with Crippen molar-refractivity contribution in [1.29, 1.82) is 0 Å². The molecular weight excluding hydrogens is 250 g/mol. The summed E-state index contributed by atoms with van der Waals surface area (Å²) in [6.45, 7) is 1.15. The number of aliphatic hydroxyl groups excluding tert-OH is 1. The molecule has 2 nitrogen and oxygen atoms in total. The van der Waals surface area contributed by atoms with Gasteiger partial charge in [0.25, 0.3) is 0 Å². The van der Waals surface area contributed by atoms with Crippen LogP contribution in [0, 0.1) is 5.82 Å². The number of benzene rings is 1. The Labute approximate surface area is 103 Å². The molecule has 102 valence electrons. The molecule has 0 aliphatic rings. The van der Waals surface area contributed by atoms with Crippen molar-refractivity contribution in [1.82, 2.24) is 5.32 Å². The summed E-state index contributed by atoms with van der Waals surface area (Å²) < 4.78 is 48.8. The minimum atomic E-state index is -4.61. The maximum Gasteiger partial charge on any atom is 0.415 e. The van der Waals surface area contributed by atoms with Gasteiger partial charge in [0.1, 0.15) is 5.82 Å². The van der Waals surface area contributed by atoms with Crippen molar-refractivity contribution >= 4 is 0 Å². The first-order chi connectivity index (χ1) is 8.29. The molecule has 0 saturated heterocycles. The number of rotatable bonds is 5. The Hall–Kier alpha value is -1.14. The molecule has 0 heterocycles. The molecule has 0 bridgehead atoms. The average molecular weight is 265 g/mol. The van der Waals surface area contributed by atoms with Crippen molar-refractivity contribution in [2.45, 2.75) is 31.7 Å². The smallest absolute Gasteiger partial charge is 0.382 e. The first-order valence-corrected chi connectivity index (χ1v) is 5.51. The third-order valence-corrected chi connectivity index (χ3v) is 2.49. The van der Waals surface area contributed by atoms with Gasteiger partial charge in [-0.25, -0.2) is 4.39 Å². The standard InChI is InChI=1S/C12H15F4NO/c1-8(17-7-11(18)12(14,15)16)6-9-2-4-10(13)5-3-9/h2-5,8,11,17-18H,6-7H2,1H3. The van der Waals surface area contributed by atoms with Gasteiger partial charge in [-0.1, -0.05) is 12.1 Å². The van der Waals surface area contributed by atoms with Crippen molar-refractivity contribution in [3.8, 4) is 0 Å². The van der Waals surface area contributed by atoms with Crippen LogP contribution in [0.1, 0.15) is 12.5 Å². The summed E-state index contributed by atoms with van der Waals surface area (Å²) in [6, 6.07) is 5.51. The molecule has 0 fully saturated rings. The Morgan fingerprint density at radius 1 is 1.22 bits per heavy atom. The molecule has 1 rings (SSSR count). The topological polar surface area (TPSA) is 32.3 Å². The molecule has 0 radical (unpaired) electrons. The summed E-state index contributed by atoms with van der Waals surface area (Å²) in [6.07, 6.45) is -6.51. The zero-order chi connectivity index (χ0) is 13.8. The average Bonchev–Trinajstić information content (AvgIpc) is 2.28. The van der Waals surface area contributed by atoms with Crippen LogP contribution in [0.25, 0.3) is 0 Å². The van der Waals surface area contributed by atoms with Crippen molar-refractivity contribution < 1.29 is 22.7 Å². The van der Waals surface area contributed by atoms with Gasteiger partial charge in [0.05, 0.1) is 0 Å². The maximum absolute atomic E-state index is 12.6. The predicted octanol–water partition coefficient (Wildman–Crippen LogP) is 2.27. The predicted molar refractivity (Wildman–Crippen MR) is 59.6 cm³/mol. The fraction of sp³-hybridized carbons (Fsp3) is 0.500. The fourth-order valence-electron chi connectivity index (χ4n) is 1.47. The van der Waals surface area contributed by atoms with Crippen molar-refractivity contribution in [3.05, 3.63) is 35.6 Å². The molecule has 2 unspecified atom stereocenters. The monoisotopic (exact) mass is 265 g/mol. The van der Waals surface area contributed by atoms with Gasteiger partial charge in [-0.05, 0) is 31.0 Å². The minimum absolute atomic E-state index is 0.243. The fourth-order valence-corrected chi connectivity index (χ4v) is 1.47. The molecule has 0 spiro atoms. The Bertz CT molecular complexity index is 363. The Balaban J connectivity index is 2.38. The van der Waals surface area contributed by atoms with Crippen LogP contribution in [0.5, 0.6) is 0 Å². The van der Waals surface area contributed by atoms with Gasteiger partial charge < -0.3 is 10.4 Å². The summed E-state index contributed by atoms with van der Waals surface area (Å²) in [7, 11) is 0. The lowest BCUT2D eigenvalue weighted by atomic mass is 10.1. The molecule has 2 atom stereocenters. The molecule has 18 heavy (non-hydrogen) atoms. The van der Waals surface area contributed by atoms with E-state index in [1.807, 2.05) is 0 Å². The van der Waals surface area contributed by atoms with Gasteiger partial charge in [-0.3, -0.25) is 0 Å². The van der Waals surface area contributed by atoms with E-state index >= 15 is 0 Å². The molecule has 1 aromatic rings. The third kappa shape index (κ3) is 5.01. The van der Waals surface area contributed by atoms with Crippen LogP contribution in [0.3, 0.4) is 0 Å². The molecule has 0 aromatic heterocycles. The Morgan fingerprint density at radius 3 is 2.28 bits per heavy atom. The second-order valence-corrected chi connectivity index (χ2v) is 4.20. The van der Waals surface area contributed by atoms with Crippen LogP contribution < -0.4 is 5.32 Å². The highest BCUT2D eigenvalue weighted by molar-refractivity contribution is 5.16. The van der Waals surface area contributed by atoms with Crippen molar-refractivity contribution in [2.75, 3.05) is 6.54 Å². The van der Waals surface area contributed by atoms with E-state index in [2.05, 4.69) is 5.32 Å². The van der Waals surface area contributed by atoms with Gasteiger partial charge in [-0.15, -0.1) is 0 Å². The van der Waals surface area contributed by atoms with Crippen molar-refractivity contribution in [3.63, 3.8) is 0 Å². The molecule has 0 amide bonds. The second-order valence-electron chi connectivity index (χ2n) is 4.20. The SMILES string of the molecule is CC(Cc1ccc(F)cc1)NCC(O)C(F)(F)F. The van der Waals surface area contributed by atoms with Gasteiger partial charge in [-0.2, -0.15) is 13.2 Å². The molecule has 1 aromatic carbocycles. The van der Waals surface area contributed by atoms with Gasteiger partial charge in [0, 0.05) is 12.6 Å². The largest absolute Gasteiger partial charge is 0.415 e. The maximum atomic E-state index is 12.6. The lowest BCUT2D eigenvalue weighted by molar-refractivity contribution is -0.202. The van der Waals surface area contributed by atoms with E-state index in [1.165, 1.54) is 12.1 Å². The van der Waals surface area contributed by atoms with E-state index in [0.29, 0.717) is 6.42 Å². The van der Waals surface area contributed by atoms with E-state index in [4.69, 9.17) is 5.11 Å². The van der Waals surface area contributed by atoms with Crippen LogP contribution in [-0.4, -0.2) is 30.0 Å². The zero-order valence-electron chi connectivity index (χ0n) is 9.84. The normalized spacial score (nSPS) is 15.4. The lowest BCUT2D eigenvalue weighted by Crippen LogP contribution is -2.42. The van der Waals surface area contributed by atoms with Crippen LogP contribution in [0.15, 0.2) is 24.3 Å². The number of hydrogen-bond donors (Lipinski definition) is 2. The highest BCUT2D eigenvalue weighted by atomic mass is 19.4. The summed E-state index contributed by atoms with van der Waals surface area (Å²) in [5, 5.41) is 11.4. The minimum Gasteiger partial charge on any atom is -0.382 e. The molecular formula is C12H15F4NO. The molecule has 2 N–H and O–H groups in total. The van der Waals surface area contributed by atoms with E-state index in [-0.39, 0.29) is 11.9 Å². The van der Waals surface area contributed by atoms with E-state index in [1.54, 1.807) is 19.1 Å². The van der Waals surface area contributed by atoms with Gasteiger partial charge >= 0.3 is 6.18 Å². The second kappa shape index (κ2) is 6.15. The van der Waals surface area contributed by atoms with E-state index in [9.17, 15) is 17.6 Å². The first-order valence-electron chi connectivity index (χ1n) is 5.51. The van der Waals surface area contributed by atoms with Crippen LogP contribution >= 0.6 is 0 Å². The Morgan fingerprint density at radius 2 is 1.78 bits per heavy atom. The number of nitrogens with one attached hydrogen (secondary N) is 1. The highest BCUT2D eigenvalue weighted by Gasteiger charge is 2.37. The summed E-state index contributed by atoms with van der Waals surface area (Å²) in [4.78, 5) is 0. The quantitative estimate of drug-likeness (QED) is 0.800. The third-order valence-electron chi connectivity index (χ3n) is 2.49. The van der Waals surface area contributed by atoms with E-state index in [0.717, 1.165) is 5.56 Å². The number of halogens is 4. The number of aliphatic hydroxyl groups is 1. The van der Waals surface area contributed by atoms with Crippen molar-refractivity contribution in [2.24, 2.45) is 0 Å². The molecule has 0 aliphatic carbocycles. The van der Waals surface area contributed by atoms with Crippen LogP contribution in [0.2, 0.25) is 0 Å². The number of alkyl halides is 3. The lowest BCUT2D eigenvalue weighted by Gasteiger charge is -2.19. The highest BCUT2D eigenvalue weighted by Crippen LogP contribution is 2.19. The van der Waals surface area contributed by atoms with Crippen LogP contribution in [0.4, 0.5) is 17.6 Å². The molecule has 6 heteroatoms. The van der Waals surface area contributed by atoms with Crippen LogP contribution in [-0.2, 0) is 6.42 Å². The molecule has 0 saturated carbocycles. The van der Waals surface area contributed by atoms with E-state index < -0.39 is 18.8 Å². The number of hydrogen-bond acceptors (Lipinski definition) is 2. The zero-order valence-corrected chi connectivity index (χ0v) is 9.84. The first kappa shape index (κ1) is 14.9. The van der Waals surface area contributed by atoms with Gasteiger partial charge in [0.15, 0.2) is 6.10 Å². The summed E-state index contributed by atoms with van der Waals surface area (Å²) in [5.74, 6) is -0.355. The summed E-state index contributed by atoms with van der Waals surface area (Å²) in [5.41, 5.74) is 0.817. The molecule has 0 aliphatic heterocycles. The van der Waals surface area contributed by atoms with Gasteiger partial charge in [0.2, 0.25) is 0 Å². The Kier molecular flexibility index (Phi) is 5.10.